The molecule has 0 N–H and O–H groups in total. The van der Waals surface area contributed by atoms with Crippen LogP contribution in [-0.4, -0.2) is 12.5 Å². The minimum absolute atomic E-state index is 0.718. The van der Waals surface area contributed by atoms with Gasteiger partial charge in [0, 0.05) is 0 Å². The van der Waals surface area contributed by atoms with Crippen molar-refractivity contribution in [3.63, 3.8) is 0 Å². The Morgan fingerprint density at radius 3 is 2.10 bits per heavy atom. The molecule has 0 amide bonds. The molecule has 0 unspecified atom stereocenters. The van der Waals surface area contributed by atoms with Gasteiger partial charge < -0.3 is 0 Å². The lowest BCUT2D eigenvalue weighted by molar-refractivity contribution is 0.663. The van der Waals surface area contributed by atoms with Gasteiger partial charge >= 0.3 is 0 Å². The van der Waals surface area contributed by atoms with Crippen LogP contribution in [0.3, 0.4) is 0 Å². The van der Waals surface area contributed by atoms with Gasteiger partial charge in [-0.05, 0) is 54.4 Å². The van der Waals surface area contributed by atoms with Gasteiger partial charge in [0.1, 0.15) is 0 Å². The summed E-state index contributed by atoms with van der Waals surface area (Å²) in [6.45, 7) is 11.2. The fraction of sp³-hybridized carbons (Fsp3) is 0.600. The van der Waals surface area contributed by atoms with Crippen LogP contribution in [0.4, 0.5) is 0 Å². The Kier molecular flexibility index (Phi) is 10.6. The van der Waals surface area contributed by atoms with E-state index in [0.717, 1.165) is 18.8 Å². The maximum atomic E-state index is 2.47. The Hall–Kier alpha value is -0.690. The summed E-state index contributed by atoms with van der Waals surface area (Å²) in [5, 5.41) is 0. The van der Waals surface area contributed by atoms with E-state index in [1.807, 2.05) is 0 Å². The molecule has 0 radical (unpaired) electrons. The monoisotopic (exact) mass is 308 g/mol. The van der Waals surface area contributed by atoms with Crippen molar-refractivity contribution in [2.75, 3.05) is 12.5 Å². The summed E-state index contributed by atoms with van der Waals surface area (Å²) in [5.41, 5.74) is 0. The van der Waals surface area contributed by atoms with E-state index >= 15 is 0 Å². The lowest BCUT2D eigenvalue weighted by atomic mass is 10.1. The van der Waals surface area contributed by atoms with Crippen molar-refractivity contribution in [1.29, 1.82) is 0 Å². The second-order valence-electron chi connectivity index (χ2n) is 6.27. The van der Waals surface area contributed by atoms with Gasteiger partial charge in [0.05, 0.1) is 0 Å². The Morgan fingerprint density at radius 2 is 1.62 bits per heavy atom. The molecule has 0 aromatic carbocycles. The van der Waals surface area contributed by atoms with Crippen molar-refractivity contribution < 1.29 is 0 Å². The van der Waals surface area contributed by atoms with Crippen LogP contribution in [-0.2, 0) is 0 Å². The molecule has 0 aromatic heterocycles. The molecular formula is C20H36S. The number of unbranched alkanes of at least 4 members (excludes halogenated alkanes) is 1. The van der Waals surface area contributed by atoms with Gasteiger partial charge in [-0.3, -0.25) is 0 Å². The van der Waals surface area contributed by atoms with Crippen molar-refractivity contribution in [2.24, 2.45) is 5.92 Å². The van der Waals surface area contributed by atoms with Crippen molar-refractivity contribution in [3.8, 4) is 0 Å². The van der Waals surface area contributed by atoms with Crippen LogP contribution in [0.15, 0.2) is 46.3 Å². The Labute approximate surface area is 135 Å². The number of hydrogen-bond acceptors (Lipinski definition) is 0. The van der Waals surface area contributed by atoms with Crippen LogP contribution in [0.1, 0.15) is 60.3 Å². The molecule has 0 fully saturated rings. The van der Waals surface area contributed by atoms with E-state index in [2.05, 4.69) is 83.6 Å². The molecule has 0 saturated carbocycles. The highest BCUT2D eigenvalue weighted by molar-refractivity contribution is 8.39. The van der Waals surface area contributed by atoms with Crippen LogP contribution in [0.25, 0.3) is 0 Å². The summed E-state index contributed by atoms with van der Waals surface area (Å²) in [5.74, 6) is 0.718. The molecule has 0 atom stereocenters. The van der Waals surface area contributed by atoms with Gasteiger partial charge in [-0.1, -0.05) is 70.6 Å². The molecular weight excluding hydrogens is 272 g/mol. The van der Waals surface area contributed by atoms with Crippen LogP contribution in [0.5, 0.6) is 0 Å². The molecule has 0 aliphatic rings. The quantitative estimate of drug-likeness (QED) is 0.395. The minimum atomic E-state index is -0.917. The number of rotatable bonds is 9. The standard InChI is InChI=1S/C20H36S/c1-8-11-14-19(13-10-3)21(6,7)20(15-12-9-2)17-16-18(4)5/h10,12-15,17-18H,8-9,11,16H2,1-7H3/b13-10-,15-12-,19-14+,20-17+. The van der Waals surface area contributed by atoms with Crippen molar-refractivity contribution in [2.45, 2.75) is 60.3 Å². The normalized spacial score (nSPS) is 15.6. The fourth-order valence-corrected chi connectivity index (χ4v) is 4.30. The van der Waals surface area contributed by atoms with Crippen LogP contribution < -0.4 is 0 Å². The van der Waals surface area contributed by atoms with Gasteiger partial charge in [0.25, 0.3) is 0 Å². The highest BCUT2D eigenvalue weighted by atomic mass is 32.3. The largest absolute Gasteiger partial charge is 0.194 e. The molecule has 0 heterocycles. The molecule has 0 saturated heterocycles. The van der Waals surface area contributed by atoms with Gasteiger partial charge in [0.15, 0.2) is 0 Å². The van der Waals surface area contributed by atoms with E-state index in [1.54, 1.807) is 0 Å². The molecule has 0 bridgehead atoms. The molecule has 0 aliphatic carbocycles. The summed E-state index contributed by atoms with van der Waals surface area (Å²) >= 11 is 0. The number of hydrogen-bond donors (Lipinski definition) is 0. The maximum Gasteiger partial charge on any atom is -0.0107 e. The van der Waals surface area contributed by atoms with Crippen molar-refractivity contribution in [1.82, 2.24) is 0 Å². The molecule has 1 heteroatoms. The van der Waals surface area contributed by atoms with Crippen LogP contribution in [0, 0.1) is 5.92 Å². The molecule has 0 nitrogen and oxygen atoms in total. The van der Waals surface area contributed by atoms with E-state index in [-0.39, 0.29) is 0 Å². The van der Waals surface area contributed by atoms with E-state index in [1.165, 1.54) is 22.7 Å². The second kappa shape index (κ2) is 11.0. The SMILES string of the molecule is C/C=C\C(=C/CCC)S(C)(C)C(/C=C\CC)=C/CC(C)C. The molecule has 122 valence electrons. The summed E-state index contributed by atoms with van der Waals surface area (Å²) in [6, 6.07) is 0. The van der Waals surface area contributed by atoms with Crippen LogP contribution in [0.2, 0.25) is 0 Å². The lowest BCUT2D eigenvalue weighted by Gasteiger charge is -2.35. The molecule has 0 spiro atoms. The highest BCUT2D eigenvalue weighted by Crippen LogP contribution is 2.57. The van der Waals surface area contributed by atoms with Gasteiger partial charge in [0.2, 0.25) is 0 Å². The van der Waals surface area contributed by atoms with Crippen molar-refractivity contribution >= 4 is 10.0 Å². The zero-order chi connectivity index (χ0) is 16.3. The Bertz CT molecular complexity index is 392. The first kappa shape index (κ1) is 20.3. The zero-order valence-corrected chi connectivity index (χ0v) is 16.1. The first-order valence-electron chi connectivity index (χ1n) is 8.33. The predicted molar refractivity (Wildman–Crippen MR) is 104 cm³/mol. The highest BCUT2D eigenvalue weighted by Gasteiger charge is 2.19. The van der Waals surface area contributed by atoms with E-state index < -0.39 is 10.0 Å². The average Bonchev–Trinajstić information content (AvgIpc) is 2.42. The van der Waals surface area contributed by atoms with E-state index in [9.17, 15) is 0 Å². The Balaban J connectivity index is 5.57. The Morgan fingerprint density at radius 1 is 1.00 bits per heavy atom. The topological polar surface area (TPSA) is 0 Å². The summed E-state index contributed by atoms with van der Waals surface area (Å²) in [7, 11) is -0.917. The fourth-order valence-electron chi connectivity index (χ4n) is 2.07. The lowest BCUT2D eigenvalue weighted by Crippen LogP contribution is -2.01. The molecule has 0 aliphatic heterocycles. The first-order valence-corrected chi connectivity index (χ1v) is 10.8. The van der Waals surface area contributed by atoms with Gasteiger partial charge in [-0.2, -0.15) is 10.0 Å². The zero-order valence-electron chi connectivity index (χ0n) is 15.3. The van der Waals surface area contributed by atoms with Gasteiger partial charge in [-0.15, -0.1) is 0 Å². The summed E-state index contributed by atoms with van der Waals surface area (Å²) in [4.78, 5) is 3.04. The third-order valence-corrected chi connectivity index (χ3v) is 6.41. The second-order valence-corrected chi connectivity index (χ2v) is 9.87. The summed E-state index contributed by atoms with van der Waals surface area (Å²) < 4.78 is 0. The van der Waals surface area contributed by atoms with E-state index in [4.69, 9.17) is 0 Å². The average molecular weight is 309 g/mol. The third-order valence-electron chi connectivity index (χ3n) is 3.45. The molecule has 0 aromatic rings. The van der Waals surface area contributed by atoms with Crippen molar-refractivity contribution in [3.05, 3.63) is 46.3 Å². The molecule has 0 rings (SSSR count). The van der Waals surface area contributed by atoms with Gasteiger partial charge in [-0.25, -0.2) is 0 Å². The third kappa shape index (κ3) is 7.76. The maximum absolute atomic E-state index is 2.47. The molecule has 21 heavy (non-hydrogen) atoms. The smallest absolute Gasteiger partial charge is 0.0107 e. The summed E-state index contributed by atoms with van der Waals surface area (Å²) in [6.07, 6.45) is 23.6. The first-order chi connectivity index (χ1) is 9.89. The van der Waals surface area contributed by atoms with E-state index in [0.29, 0.717) is 0 Å². The minimum Gasteiger partial charge on any atom is -0.194 e. The van der Waals surface area contributed by atoms with Crippen LogP contribution >= 0.6 is 10.0 Å². The number of allylic oxidation sites excluding steroid dienone is 6. The predicted octanol–water partition coefficient (Wildman–Crippen LogP) is 7.21.